The van der Waals surface area contributed by atoms with Crippen LogP contribution in [0.15, 0.2) is 0 Å². The van der Waals surface area contributed by atoms with Crippen LogP contribution in [0.4, 0.5) is 0 Å². The predicted molar refractivity (Wildman–Crippen MR) is 52.3 cm³/mol. The highest BCUT2D eigenvalue weighted by atomic mass is 16.1. The van der Waals surface area contributed by atoms with Crippen LogP contribution in [-0.4, -0.2) is 12.5 Å². The standard InChI is InChI=1S/C11H19NO/c13-11-7-6-10(8-12-11)9-4-2-1-3-5-9/h9-10H,1-8H2,(H,12,13). The van der Waals surface area contributed by atoms with E-state index in [0.29, 0.717) is 0 Å². The molecule has 2 nitrogen and oxygen atoms in total. The van der Waals surface area contributed by atoms with Gasteiger partial charge in [0.2, 0.25) is 5.91 Å². The third kappa shape index (κ3) is 2.23. The zero-order valence-electron chi connectivity index (χ0n) is 8.22. The molecule has 1 aliphatic heterocycles. The average Bonchev–Trinajstić information content (AvgIpc) is 2.20. The van der Waals surface area contributed by atoms with Gasteiger partial charge in [-0.2, -0.15) is 0 Å². The minimum Gasteiger partial charge on any atom is -0.356 e. The number of rotatable bonds is 1. The van der Waals surface area contributed by atoms with Gasteiger partial charge in [0.25, 0.3) is 0 Å². The van der Waals surface area contributed by atoms with E-state index in [0.717, 1.165) is 31.2 Å². The van der Waals surface area contributed by atoms with Crippen molar-refractivity contribution in [1.82, 2.24) is 5.32 Å². The van der Waals surface area contributed by atoms with E-state index in [1.165, 1.54) is 32.1 Å². The first-order valence-electron chi connectivity index (χ1n) is 5.63. The fraction of sp³-hybridized carbons (Fsp3) is 0.909. The normalized spacial score (nSPS) is 31.4. The zero-order valence-corrected chi connectivity index (χ0v) is 8.22. The first kappa shape index (κ1) is 9.04. The Morgan fingerprint density at radius 3 is 2.38 bits per heavy atom. The van der Waals surface area contributed by atoms with Gasteiger partial charge in [0, 0.05) is 13.0 Å². The van der Waals surface area contributed by atoms with Crippen LogP contribution in [0.1, 0.15) is 44.9 Å². The molecule has 0 aromatic rings. The summed E-state index contributed by atoms with van der Waals surface area (Å²) in [6, 6.07) is 0. The molecule has 13 heavy (non-hydrogen) atoms. The van der Waals surface area contributed by atoms with Crippen LogP contribution < -0.4 is 5.32 Å². The Balaban J connectivity index is 1.82. The molecule has 1 unspecified atom stereocenters. The number of amides is 1. The molecule has 0 spiro atoms. The maximum Gasteiger partial charge on any atom is 0.220 e. The van der Waals surface area contributed by atoms with Crippen molar-refractivity contribution < 1.29 is 4.79 Å². The molecule has 1 atom stereocenters. The number of hydrogen-bond acceptors (Lipinski definition) is 1. The maximum absolute atomic E-state index is 11.0. The topological polar surface area (TPSA) is 29.1 Å². The molecule has 2 aliphatic rings. The second-order valence-electron chi connectivity index (χ2n) is 4.50. The first-order valence-corrected chi connectivity index (χ1v) is 5.63. The minimum absolute atomic E-state index is 0.257. The molecular formula is C11H19NO. The summed E-state index contributed by atoms with van der Waals surface area (Å²) in [5.41, 5.74) is 0. The highest BCUT2D eigenvalue weighted by Crippen LogP contribution is 2.33. The lowest BCUT2D eigenvalue weighted by molar-refractivity contribution is -0.123. The van der Waals surface area contributed by atoms with Gasteiger partial charge in [-0.05, 0) is 18.3 Å². The van der Waals surface area contributed by atoms with Crippen LogP contribution in [0.25, 0.3) is 0 Å². The maximum atomic E-state index is 11.0. The lowest BCUT2D eigenvalue weighted by atomic mass is 9.77. The van der Waals surface area contributed by atoms with Gasteiger partial charge in [-0.15, -0.1) is 0 Å². The van der Waals surface area contributed by atoms with Crippen molar-refractivity contribution in [3.8, 4) is 0 Å². The Morgan fingerprint density at radius 1 is 1.00 bits per heavy atom. The fourth-order valence-electron chi connectivity index (χ4n) is 2.76. The van der Waals surface area contributed by atoms with E-state index < -0.39 is 0 Å². The molecule has 0 aromatic carbocycles. The molecule has 0 bridgehead atoms. The second-order valence-corrected chi connectivity index (χ2v) is 4.50. The van der Waals surface area contributed by atoms with Crippen LogP contribution in [0.3, 0.4) is 0 Å². The zero-order chi connectivity index (χ0) is 9.10. The van der Waals surface area contributed by atoms with Gasteiger partial charge < -0.3 is 5.32 Å². The van der Waals surface area contributed by atoms with E-state index >= 15 is 0 Å². The monoisotopic (exact) mass is 181 g/mol. The second kappa shape index (κ2) is 4.12. The Bertz CT molecular complexity index is 175. The van der Waals surface area contributed by atoms with Crippen molar-refractivity contribution in [2.75, 3.05) is 6.54 Å². The van der Waals surface area contributed by atoms with E-state index in [2.05, 4.69) is 5.32 Å². The molecule has 2 fully saturated rings. The summed E-state index contributed by atoms with van der Waals surface area (Å²) >= 11 is 0. The third-order valence-corrected chi connectivity index (χ3v) is 3.62. The van der Waals surface area contributed by atoms with Crippen molar-refractivity contribution in [3.05, 3.63) is 0 Å². The summed E-state index contributed by atoms with van der Waals surface area (Å²) in [7, 11) is 0. The smallest absolute Gasteiger partial charge is 0.220 e. The average molecular weight is 181 g/mol. The first-order chi connectivity index (χ1) is 6.36. The van der Waals surface area contributed by atoms with Crippen LogP contribution in [0, 0.1) is 11.8 Å². The Morgan fingerprint density at radius 2 is 1.77 bits per heavy atom. The fourth-order valence-corrected chi connectivity index (χ4v) is 2.76. The van der Waals surface area contributed by atoms with E-state index in [1.807, 2.05) is 0 Å². The largest absolute Gasteiger partial charge is 0.356 e. The Kier molecular flexibility index (Phi) is 2.87. The minimum atomic E-state index is 0.257. The lowest BCUT2D eigenvalue weighted by Crippen LogP contribution is -2.38. The highest BCUT2D eigenvalue weighted by Gasteiger charge is 2.26. The molecule has 0 aromatic heterocycles. The molecule has 0 radical (unpaired) electrons. The molecule has 1 saturated heterocycles. The quantitative estimate of drug-likeness (QED) is 0.659. The van der Waals surface area contributed by atoms with Gasteiger partial charge >= 0.3 is 0 Å². The summed E-state index contributed by atoms with van der Waals surface area (Å²) in [6.07, 6.45) is 8.96. The van der Waals surface area contributed by atoms with E-state index in [1.54, 1.807) is 0 Å². The van der Waals surface area contributed by atoms with Crippen molar-refractivity contribution in [2.24, 2.45) is 11.8 Å². The molecular weight excluding hydrogens is 162 g/mol. The molecule has 2 rings (SSSR count). The van der Waals surface area contributed by atoms with Crippen LogP contribution >= 0.6 is 0 Å². The van der Waals surface area contributed by atoms with Crippen molar-refractivity contribution in [3.63, 3.8) is 0 Å². The summed E-state index contributed by atoms with van der Waals surface area (Å²) in [5, 5.41) is 2.99. The van der Waals surface area contributed by atoms with Crippen LogP contribution in [0.2, 0.25) is 0 Å². The van der Waals surface area contributed by atoms with Gasteiger partial charge in [0.15, 0.2) is 0 Å². The van der Waals surface area contributed by atoms with Gasteiger partial charge in [-0.25, -0.2) is 0 Å². The number of carbonyl (C=O) groups is 1. The third-order valence-electron chi connectivity index (χ3n) is 3.62. The summed E-state index contributed by atoms with van der Waals surface area (Å²) in [4.78, 5) is 11.0. The van der Waals surface area contributed by atoms with E-state index in [4.69, 9.17) is 0 Å². The number of hydrogen-bond donors (Lipinski definition) is 1. The predicted octanol–water partition coefficient (Wildman–Crippen LogP) is 2.09. The molecule has 2 heteroatoms. The van der Waals surface area contributed by atoms with Crippen molar-refractivity contribution in [2.45, 2.75) is 44.9 Å². The number of carbonyl (C=O) groups excluding carboxylic acids is 1. The summed E-state index contributed by atoms with van der Waals surface area (Å²) in [5.74, 6) is 1.96. The molecule has 1 heterocycles. The highest BCUT2D eigenvalue weighted by molar-refractivity contribution is 5.76. The van der Waals surface area contributed by atoms with Gasteiger partial charge in [0.1, 0.15) is 0 Å². The van der Waals surface area contributed by atoms with Crippen molar-refractivity contribution >= 4 is 5.91 Å². The van der Waals surface area contributed by atoms with E-state index in [9.17, 15) is 4.79 Å². The van der Waals surface area contributed by atoms with E-state index in [-0.39, 0.29) is 5.91 Å². The molecule has 1 saturated carbocycles. The Hall–Kier alpha value is -0.530. The van der Waals surface area contributed by atoms with Gasteiger partial charge in [-0.3, -0.25) is 4.79 Å². The van der Waals surface area contributed by atoms with Gasteiger partial charge in [0.05, 0.1) is 0 Å². The van der Waals surface area contributed by atoms with Crippen LogP contribution in [-0.2, 0) is 4.79 Å². The Labute approximate surface area is 80.1 Å². The molecule has 1 N–H and O–H groups in total. The molecule has 1 aliphatic carbocycles. The van der Waals surface area contributed by atoms with Gasteiger partial charge in [-0.1, -0.05) is 32.1 Å². The number of nitrogens with one attached hydrogen (secondary N) is 1. The SMILES string of the molecule is O=C1CCC(C2CCCCC2)CN1. The number of piperidine rings is 1. The molecule has 1 amide bonds. The summed E-state index contributed by atoms with van der Waals surface area (Å²) in [6.45, 7) is 0.948. The summed E-state index contributed by atoms with van der Waals surface area (Å²) < 4.78 is 0. The lowest BCUT2D eigenvalue weighted by Gasteiger charge is -2.32. The van der Waals surface area contributed by atoms with Crippen LogP contribution in [0.5, 0.6) is 0 Å². The van der Waals surface area contributed by atoms with Crippen molar-refractivity contribution in [1.29, 1.82) is 0 Å². The molecule has 74 valence electrons.